The number of amides is 3. The molecule has 2 aromatic rings. The van der Waals surface area contributed by atoms with Crippen LogP contribution in [0.2, 0.25) is 5.02 Å². The highest BCUT2D eigenvalue weighted by Gasteiger charge is 2.76. The van der Waals surface area contributed by atoms with E-state index in [1.54, 1.807) is 48.6 Å². The lowest BCUT2D eigenvalue weighted by molar-refractivity contribution is -0.163. The number of para-hydroxylation sites is 1. The number of methoxy groups -OCH3 is 1. The molecule has 9 atom stereocenters. The van der Waals surface area contributed by atoms with Crippen LogP contribution in [-0.4, -0.2) is 90.4 Å². The van der Waals surface area contributed by atoms with Crippen LogP contribution in [0.15, 0.2) is 79.9 Å². The lowest BCUT2D eigenvalue weighted by Gasteiger charge is -2.41. The molecule has 2 N–H and O–H groups in total. The Morgan fingerprint density at radius 2 is 1.87 bits per heavy atom. The van der Waals surface area contributed by atoms with Crippen LogP contribution in [0.3, 0.4) is 0 Å². The lowest BCUT2D eigenvalue weighted by atomic mass is 9.70. The average Bonchev–Trinajstić information content (AvgIpc) is 3.80. The zero-order chi connectivity index (χ0) is 37.6. The van der Waals surface area contributed by atoms with Crippen molar-refractivity contribution in [1.29, 1.82) is 0 Å². The van der Waals surface area contributed by atoms with Crippen molar-refractivity contribution in [3.63, 3.8) is 0 Å². The van der Waals surface area contributed by atoms with E-state index in [0.717, 1.165) is 0 Å². The molecule has 1 spiro atoms. The van der Waals surface area contributed by atoms with E-state index >= 15 is 0 Å². The number of esters is 1. The van der Waals surface area contributed by atoms with Gasteiger partial charge in [-0.25, -0.2) is 0 Å². The highest BCUT2D eigenvalue weighted by Crippen LogP contribution is 2.60. The number of rotatable bonds is 18. The van der Waals surface area contributed by atoms with Crippen molar-refractivity contribution in [2.24, 2.45) is 17.8 Å². The van der Waals surface area contributed by atoms with E-state index in [1.807, 2.05) is 32.0 Å². The molecular formula is C40H50ClN3O8. The molecule has 0 unspecified atom stereocenters. The van der Waals surface area contributed by atoms with E-state index in [1.165, 1.54) is 16.9 Å². The third-order valence-corrected chi connectivity index (χ3v) is 11.1. The molecule has 3 heterocycles. The molecule has 0 aromatic heterocycles. The van der Waals surface area contributed by atoms with Crippen molar-refractivity contribution in [1.82, 2.24) is 10.2 Å². The fraction of sp³-hybridized carbons (Fsp3) is 0.500. The highest BCUT2D eigenvalue weighted by atomic mass is 35.5. The van der Waals surface area contributed by atoms with Gasteiger partial charge in [-0.3, -0.25) is 19.2 Å². The number of aliphatic hydroxyl groups excluding tert-OH is 1. The van der Waals surface area contributed by atoms with Crippen molar-refractivity contribution in [3.05, 3.63) is 90.5 Å². The Hall–Kier alpha value is -4.03. The average molecular weight is 736 g/mol. The van der Waals surface area contributed by atoms with Gasteiger partial charge in [-0.05, 0) is 42.9 Å². The molecule has 0 aliphatic carbocycles. The maximum absolute atomic E-state index is 15.0. The molecule has 3 amide bonds. The Kier molecular flexibility index (Phi) is 13.0. The third-order valence-electron chi connectivity index (χ3n) is 10.8. The summed E-state index contributed by atoms with van der Waals surface area (Å²) in [6.45, 7) is 11.2. The quantitative estimate of drug-likeness (QED) is 0.161. The van der Waals surface area contributed by atoms with Gasteiger partial charge in [-0.15, -0.1) is 13.2 Å². The summed E-state index contributed by atoms with van der Waals surface area (Å²) in [5, 5.41) is 14.1. The lowest BCUT2D eigenvalue weighted by Crippen LogP contribution is -2.60. The minimum Gasteiger partial charge on any atom is -0.455 e. The molecular weight excluding hydrogens is 686 g/mol. The summed E-state index contributed by atoms with van der Waals surface area (Å²) in [6.07, 6.45) is 3.63. The number of carbonyl (C=O) groups excluding carboxylic acids is 4. The molecule has 0 saturated carbocycles. The van der Waals surface area contributed by atoms with Gasteiger partial charge in [0.1, 0.15) is 17.7 Å². The Morgan fingerprint density at radius 3 is 2.50 bits per heavy atom. The van der Waals surface area contributed by atoms with E-state index in [-0.39, 0.29) is 38.0 Å². The number of fused-ring (bicyclic) bond motifs is 1. The summed E-state index contributed by atoms with van der Waals surface area (Å²) in [4.78, 5) is 60.3. The topological polar surface area (TPSA) is 135 Å². The van der Waals surface area contributed by atoms with Crippen molar-refractivity contribution in [2.45, 2.75) is 81.9 Å². The minimum absolute atomic E-state index is 0.0438. The molecule has 2 bridgehead atoms. The summed E-state index contributed by atoms with van der Waals surface area (Å²) < 4.78 is 18.5. The van der Waals surface area contributed by atoms with Gasteiger partial charge in [-0.2, -0.15) is 0 Å². The van der Waals surface area contributed by atoms with Gasteiger partial charge in [-0.1, -0.05) is 86.5 Å². The normalized spacial score (nSPS) is 25.5. The largest absolute Gasteiger partial charge is 0.455 e. The second-order valence-electron chi connectivity index (χ2n) is 13.9. The fourth-order valence-corrected chi connectivity index (χ4v) is 8.43. The number of hydrogen-bond acceptors (Lipinski definition) is 8. The predicted octanol–water partition coefficient (Wildman–Crippen LogP) is 5.02. The summed E-state index contributed by atoms with van der Waals surface area (Å²) >= 11 is 6.61. The van der Waals surface area contributed by atoms with E-state index in [9.17, 15) is 24.3 Å². The maximum Gasteiger partial charge on any atom is 0.313 e. The third kappa shape index (κ3) is 7.42. The Labute approximate surface area is 310 Å². The first-order valence-electron chi connectivity index (χ1n) is 18.0. The molecule has 280 valence electrons. The van der Waals surface area contributed by atoms with E-state index < -0.39 is 65.6 Å². The number of carbonyl (C=O) groups is 4. The molecule has 3 fully saturated rings. The van der Waals surface area contributed by atoms with Crippen molar-refractivity contribution in [3.8, 4) is 0 Å². The summed E-state index contributed by atoms with van der Waals surface area (Å²) in [5.41, 5.74) is -0.291. The molecule has 3 saturated heterocycles. The van der Waals surface area contributed by atoms with Crippen molar-refractivity contribution in [2.75, 3.05) is 31.8 Å². The molecule has 0 radical (unpaired) electrons. The maximum atomic E-state index is 15.0. The molecule has 12 heteroatoms. The number of aliphatic hydroxyl groups is 1. The van der Waals surface area contributed by atoms with Crippen LogP contribution in [0, 0.1) is 17.8 Å². The number of benzene rings is 2. The number of halogens is 1. The van der Waals surface area contributed by atoms with Crippen LogP contribution in [0.5, 0.6) is 0 Å². The van der Waals surface area contributed by atoms with Crippen LogP contribution in [0.25, 0.3) is 0 Å². The summed E-state index contributed by atoms with van der Waals surface area (Å²) in [5.74, 6) is -4.10. The molecule has 2 aromatic carbocycles. The Morgan fingerprint density at radius 1 is 1.15 bits per heavy atom. The van der Waals surface area contributed by atoms with Gasteiger partial charge in [0.05, 0.1) is 53.9 Å². The second kappa shape index (κ2) is 17.2. The Bertz CT molecular complexity index is 1620. The van der Waals surface area contributed by atoms with E-state index in [4.69, 9.17) is 25.8 Å². The number of anilines is 1. The number of hydrogen-bond donors (Lipinski definition) is 2. The van der Waals surface area contributed by atoms with Crippen molar-refractivity contribution < 1.29 is 38.5 Å². The smallest absolute Gasteiger partial charge is 0.313 e. The fourth-order valence-electron chi connectivity index (χ4n) is 8.19. The van der Waals surface area contributed by atoms with Gasteiger partial charge in [0.2, 0.25) is 11.8 Å². The number of allylic oxidation sites excluding steroid dienone is 1. The minimum atomic E-state index is -1.36. The van der Waals surface area contributed by atoms with Crippen LogP contribution >= 0.6 is 11.6 Å². The van der Waals surface area contributed by atoms with Crippen LogP contribution in [-0.2, 0) is 33.4 Å². The predicted molar refractivity (Wildman–Crippen MR) is 197 cm³/mol. The Balaban J connectivity index is 1.55. The van der Waals surface area contributed by atoms with E-state index in [0.29, 0.717) is 42.0 Å². The molecule has 3 aliphatic rings. The van der Waals surface area contributed by atoms with Gasteiger partial charge < -0.3 is 34.4 Å². The molecule has 3 aliphatic heterocycles. The van der Waals surface area contributed by atoms with Crippen LogP contribution < -0.4 is 10.2 Å². The summed E-state index contributed by atoms with van der Waals surface area (Å²) in [7, 11) is 1.50. The zero-order valence-corrected chi connectivity index (χ0v) is 30.9. The van der Waals surface area contributed by atoms with Gasteiger partial charge in [0.25, 0.3) is 5.91 Å². The number of nitrogens with zero attached hydrogens (tertiary/aromatic N) is 2. The molecule has 5 rings (SSSR count). The molecule has 52 heavy (non-hydrogen) atoms. The van der Waals surface area contributed by atoms with Gasteiger partial charge in [0.15, 0.2) is 0 Å². The number of likely N-dealkylation sites (tertiary alicyclic amines) is 1. The second-order valence-corrected chi connectivity index (χ2v) is 14.3. The van der Waals surface area contributed by atoms with Gasteiger partial charge in [0, 0.05) is 20.1 Å². The molecule has 11 nitrogen and oxygen atoms in total. The number of ether oxygens (including phenoxy) is 3. The van der Waals surface area contributed by atoms with Crippen molar-refractivity contribution >= 4 is 41.0 Å². The van der Waals surface area contributed by atoms with Crippen LogP contribution in [0.1, 0.15) is 57.6 Å². The standard InChI is InChI=1S/C40H50ClN3O8/c1-6-9-19-32(46)42-28(24-50-5)35(26-15-11-10-12-16-26)51-39(49)33-31-20-21-40(52-31)34(33)37(47)44(30(23-45)25(4)8-3)36(40)38(48)43(22-7-2)29-18-14-13-17-27(29)41/h6-7,10-18,25,28,30-31,33-36,45H,1-2,8-9,19-24H2,3-5H3,(H,42,46)/t25-,28+,30-,31+,33-,34-,35+,36+,40-/m0/s1. The SMILES string of the molecule is C=CCCC(=O)N[C@H](COC)[C@H](OC(=O)[C@@H]1[C@H]2C(=O)N([C@@H](CO)[C@@H](C)CC)[C@H](C(=O)N(CC=C)c3ccccc3Cl)[C@]23CC[C@H]1O3)c1ccccc1. The first-order chi connectivity index (χ1) is 25.1. The van der Waals surface area contributed by atoms with Gasteiger partial charge >= 0.3 is 5.97 Å². The van der Waals surface area contributed by atoms with E-state index in [2.05, 4.69) is 18.5 Å². The van der Waals surface area contributed by atoms with Crippen LogP contribution in [0.4, 0.5) is 5.69 Å². The monoisotopic (exact) mass is 735 g/mol. The summed E-state index contributed by atoms with van der Waals surface area (Å²) in [6, 6.07) is 13.3. The first kappa shape index (κ1) is 39.2. The highest BCUT2D eigenvalue weighted by molar-refractivity contribution is 6.34. The first-order valence-corrected chi connectivity index (χ1v) is 18.4. The zero-order valence-electron chi connectivity index (χ0n) is 30.1. The number of nitrogens with one attached hydrogen (secondary N) is 1.